The van der Waals surface area contributed by atoms with Gasteiger partial charge in [0.1, 0.15) is 5.25 Å². The minimum absolute atomic E-state index is 0.0790. The quantitative estimate of drug-likeness (QED) is 0.359. The molecular weight excluding hydrogens is 500 g/mol. The molecule has 0 saturated carbocycles. The fourth-order valence-electron chi connectivity index (χ4n) is 2.01. The summed E-state index contributed by atoms with van der Waals surface area (Å²) in [5, 5.41) is 16.9. The lowest BCUT2D eigenvalue weighted by molar-refractivity contribution is -0.276. The molecule has 0 aliphatic carbocycles. The van der Waals surface area contributed by atoms with Crippen LogP contribution in [0.25, 0.3) is 0 Å². The molecule has 1 fully saturated rings. The highest BCUT2D eigenvalue weighted by molar-refractivity contribution is 9.10. The number of rotatable bonds is 5. The van der Waals surface area contributed by atoms with Crippen molar-refractivity contribution in [3.63, 3.8) is 0 Å². The SMILES string of the molecule is O=C(O)CC1SC(=NN=Cc2cc(Br)c(OC(F)(F)F)c(C(F)(F)F)c2)NC1=O. The number of amides is 1. The first-order valence-corrected chi connectivity index (χ1v) is 8.90. The van der Waals surface area contributed by atoms with Gasteiger partial charge in [-0.15, -0.1) is 18.3 Å². The van der Waals surface area contributed by atoms with Crippen molar-refractivity contribution in [3.8, 4) is 5.75 Å². The summed E-state index contributed by atoms with van der Waals surface area (Å²) >= 11 is 3.36. The molecule has 1 aromatic carbocycles. The smallest absolute Gasteiger partial charge is 0.481 e. The number of carbonyl (C=O) groups excluding carboxylic acids is 1. The Morgan fingerprint density at radius 3 is 2.52 bits per heavy atom. The van der Waals surface area contributed by atoms with E-state index in [1.54, 1.807) is 0 Å². The van der Waals surface area contributed by atoms with Gasteiger partial charge in [0.25, 0.3) is 0 Å². The van der Waals surface area contributed by atoms with Crippen molar-refractivity contribution in [2.45, 2.75) is 24.2 Å². The first-order chi connectivity index (χ1) is 13.3. The summed E-state index contributed by atoms with van der Waals surface area (Å²) < 4.78 is 79.3. The lowest BCUT2D eigenvalue weighted by Gasteiger charge is -2.17. The highest BCUT2D eigenvalue weighted by atomic mass is 79.9. The molecule has 1 heterocycles. The predicted octanol–water partition coefficient (Wildman–Crippen LogP) is 3.76. The van der Waals surface area contributed by atoms with Crippen molar-refractivity contribution >= 4 is 51.0 Å². The van der Waals surface area contributed by atoms with E-state index in [0.717, 1.165) is 24.0 Å². The van der Waals surface area contributed by atoms with Crippen LogP contribution in [-0.4, -0.2) is 40.0 Å². The molecule has 1 aromatic rings. The van der Waals surface area contributed by atoms with Crippen LogP contribution in [0.1, 0.15) is 17.5 Å². The van der Waals surface area contributed by atoms with Crippen molar-refractivity contribution in [2.75, 3.05) is 0 Å². The molecule has 15 heteroatoms. The molecule has 0 spiro atoms. The second-order valence-corrected chi connectivity index (χ2v) is 7.31. The summed E-state index contributed by atoms with van der Waals surface area (Å²) in [6, 6.07) is 1.27. The van der Waals surface area contributed by atoms with Crippen LogP contribution in [0.15, 0.2) is 26.8 Å². The standard InChI is InChI=1S/C14H8BrF6N3O4S/c15-7-2-5(1-6(13(16,17)18)10(7)28-14(19,20)21)4-22-24-12-23-11(27)8(29-12)3-9(25)26/h1-2,4,8H,3H2,(H,25,26)(H,23,24,27). The van der Waals surface area contributed by atoms with E-state index in [1.807, 2.05) is 0 Å². The van der Waals surface area contributed by atoms with E-state index in [9.17, 15) is 35.9 Å². The average molecular weight is 508 g/mol. The van der Waals surface area contributed by atoms with Gasteiger partial charge in [0.05, 0.1) is 22.7 Å². The van der Waals surface area contributed by atoms with Crippen molar-refractivity contribution in [1.82, 2.24) is 5.32 Å². The average Bonchev–Trinajstić information content (AvgIpc) is 2.86. The zero-order valence-electron chi connectivity index (χ0n) is 13.6. The second kappa shape index (κ2) is 8.61. The van der Waals surface area contributed by atoms with Crippen molar-refractivity contribution < 1.29 is 45.8 Å². The Morgan fingerprint density at radius 1 is 1.31 bits per heavy atom. The van der Waals surface area contributed by atoms with Crippen LogP contribution in [0, 0.1) is 0 Å². The van der Waals surface area contributed by atoms with Crippen molar-refractivity contribution in [2.24, 2.45) is 10.2 Å². The van der Waals surface area contributed by atoms with Crippen LogP contribution in [-0.2, 0) is 15.8 Å². The highest BCUT2D eigenvalue weighted by Gasteiger charge is 2.40. The fraction of sp³-hybridized carbons (Fsp3) is 0.286. The second-order valence-electron chi connectivity index (χ2n) is 5.27. The summed E-state index contributed by atoms with van der Waals surface area (Å²) in [7, 11) is 0. The third-order valence-electron chi connectivity index (χ3n) is 3.08. The van der Waals surface area contributed by atoms with Crippen LogP contribution in [0.3, 0.4) is 0 Å². The van der Waals surface area contributed by atoms with Crippen LogP contribution < -0.4 is 10.1 Å². The lowest BCUT2D eigenvalue weighted by Crippen LogP contribution is -2.26. The number of halogens is 7. The molecule has 2 rings (SSSR count). The molecule has 1 atom stereocenters. The van der Waals surface area contributed by atoms with E-state index in [4.69, 9.17) is 5.11 Å². The molecular formula is C14H8BrF6N3O4S. The van der Waals surface area contributed by atoms with Crippen LogP contribution >= 0.6 is 27.7 Å². The van der Waals surface area contributed by atoms with Crippen molar-refractivity contribution in [1.29, 1.82) is 0 Å². The number of carbonyl (C=O) groups is 2. The Kier molecular flexibility index (Phi) is 6.82. The maximum atomic E-state index is 13.1. The van der Waals surface area contributed by atoms with E-state index >= 15 is 0 Å². The van der Waals surface area contributed by atoms with E-state index in [2.05, 4.69) is 36.2 Å². The number of alkyl halides is 6. The Labute approximate surface area is 170 Å². The number of hydrogen-bond donors (Lipinski definition) is 2. The van der Waals surface area contributed by atoms with E-state index in [0.29, 0.717) is 6.07 Å². The number of amidine groups is 1. The van der Waals surface area contributed by atoms with Gasteiger partial charge in [-0.25, -0.2) is 0 Å². The third kappa shape index (κ3) is 6.62. The topological polar surface area (TPSA) is 100 Å². The van der Waals surface area contributed by atoms with Gasteiger partial charge in [-0.1, -0.05) is 11.8 Å². The molecule has 0 aromatic heterocycles. The number of nitrogens with one attached hydrogen (secondary N) is 1. The Hall–Kier alpha value is -2.29. The van der Waals surface area contributed by atoms with E-state index < -0.39 is 51.9 Å². The molecule has 0 bridgehead atoms. The van der Waals surface area contributed by atoms with Crippen LogP contribution in [0.2, 0.25) is 0 Å². The Bertz CT molecular complexity index is 887. The normalized spacial score (nSPS) is 19.1. The number of ether oxygens (including phenoxy) is 1. The zero-order chi connectivity index (χ0) is 22.0. The molecule has 1 amide bonds. The Morgan fingerprint density at radius 2 is 1.97 bits per heavy atom. The number of nitrogens with zero attached hydrogens (tertiary/aromatic N) is 2. The summed E-state index contributed by atoms with van der Waals surface area (Å²) in [5.41, 5.74) is -1.96. The number of hydrogen-bond acceptors (Lipinski definition) is 6. The lowest BCUT2D eigenvalue weighted by atomic mass is 10.1. The minimum Gasteiger partial charge on any atom is -0.481 e. The first kappa shape index (κ1) is 23.0. The minimum atomic E-state index is -5.34. The van der Waals surface area contributed by atoms with Gasteiger partial charge < -0.3 is 15.2 Å². The maximum absolute atomic E-state index is 13.1. The van der Waals surface area contributed by atoms with Gasteiger partial charge in [0.15, 0.2) is 10.9 Å². The summed E-state index contributed by atoms with van der Waals surface area (Å²) in [5.74, 6) is -3.29. The van der Waals surface area contributed by atoms with Crippen LogP contribution in [0.5, 0.6) is 5.75 Å². The number of benzene rings is 1. The predicted molar refractivity (Wildman–Crippen MR) is 92.6 cm³/mol. The van der Waals surface area contributed by atoms with E-state index in [1.165, 1.54) is 0 Å². The molecule has 29 heavy (non-hydrogen) atoms. The zero-order valence-corrected chi connectivity index (χ0v) is 16.0. The van der Waals surface area contributed by atoms with E-state index in [-0.39, 0.29) is 10.7 Å². The van der Waals surface area contributed by atoms with Crippen molar-refractivity contribution in [3.05, 3.63) is 27.7 Å². The van der Waals surface area contributed by atoms with Gasteiger partial charge in [-0.2, -0.15) is 18.3 Å². The number of carboxylic acid groups (broad SMARTS) is 1. The van der Waals surface area contributed by atoms with Gasteiger partial charge in [-0.05, 0) is 33.6 Å². The summed E-state index contributed by atoms with van der Waals surface area (Å²) in [6.07, 6.45) is -10.2. The van der Waals surface area contributed by atoms with Crippen LogP contribution in [0.4, 0.5) is 26.3 Å². The monoisotopic (exact) mass is 507 g/mol. The fourth-order valence-corrected chi connectivity index (χ4v) is 3.49. The Balaban J connectivity index is 2.26. The third-order valence-corrected chi connectivity index (χ3v) is 4.74. The maximum Gasteiger partial charge on any atom is 0.573 e. The van der Waals surface area contributed by atoms with Gasteiger partial charge in [0.2, 0.25) is 5.91 Å². The number of carboxylic acids is 1. The first-order valence-electron chi connectivity index (χ1n) is 7.23. The molecule has 158 valence electrons. The summed E-state index contributed by atoms with van der Waals surface area (Å²) in [4.78, 5) is 22.2. The highest BCUT2D eigenvalue weighted by Crippen LogP contribution is 2.43. The molecule has 2 N–H and O–H groups in total. The number of thioether (sulfide) groups is 1. The molecule has 1 saturated heterocycles. The van der Waals surface area contributed by atoms with Gasteiger partial charge in [0, 0.05) is 0 Å². The summed E-state index contributed by atoms with van der Waals surface area (Å²) in [6.45, 7) is 0. The molecule has 1 aliphatic rings. The largest absolute Gasteiger partial charge is 0.573 e. The number of aliphatic carboxylic acids is 1. The molecule has 1 aliphatic heterocycles. The molecule has 7 nitrogen and oxygen atoms in total. The molecule has 1 unspecified atom stereocenters. The van der Waals surface area contributed by atoms with Gasteiger partial charge >= 0.3 is 18.5 Å². The van der Waals surface area contributed by atoms with Gasteiger partial charge in [-0.3, -0.25) is 9.59 Å². The molecule has 0 radical (unpaired) electrons.